The molecule has 0 spiro atoms. The number of methoxy groups -OCH3 is 1. The molecule has 84 valence electrons. The minimum Gasteiger partial charge on any atom is -0.391 e. The molecular weight excluding hydrogens is 196 g/mol. The van der Waals surface area contributed by atoms with E-state index in [0.717, 1.165) is 0 Å². The maximum Gasteiger partial charge on any atom is 0.224 e. The van der Waals surface area contributed by atoms with Crippen LogP contribution < -0.4 is 11.1 Å². The minimum absolute atomic E-state index is 0.333. The van der Waals surface area contributed by atoms with Crippen LogP contribution in [0, 0.1) is 0 Å². The van der Waals surface area contributed by atoms with Crippen molar-refractivity contribution in [1.29, 1.82) is 0 Å². The molecule has 0 bridgehead atoms. The SMILES string of the molecule is COCC(O)CCNc1nccc(N)n1. The molecule has 0 saturated carbocycles. The van der Waals surface area contributed by atoms with E-state index in [1.807, 2.05) is 0 Å². The van der Waals surface area contributed by atoms with Crippen LogP contribution >= 0.6 is 0 Å². The first kappa shape index (κ1) is 11.7. The number of aliphatic hydroxyl groups excluding tert-OH is 1. The van der Waals surface area contributed by atoms with Crippen molar-refractivity contribution in [2.75, 3.05) is 31.3 Å². The lowest BCUT2D eigenvalue weighted by molar-refractivity contribution is 0.0615. The molecule has 0 radical (unpaired) electrons. The quantitative estimate of drug-likeness (QED) is 0.608. The van der Waals surface area contributed by atoms with E-state index in [-0.39, 0.29) is 0 Å². The van der Waals surface area contributed by atoms with Crippen molar-refractivity contribution < 1.29 is 9.84 Å². The van der Waals surface area contributed by atoms with Gasteiger partial charge in [-0.05, 0) is 12.5 Å². The Labute approximate surface area is 88.5 Å². The van der Waals surface area contributed by atoms with Gasteiger partial charge in [0.25, 0.3) is 0 Å². The van der Waals surface area contributed by atoms with Crippen LogP contribution in [-0.2, 0) is 4.74 Å². The first-order valence-corrected chi connectivity index (χ1v) is 4.71. The standard InChI is InChI=1S/C9H16N4O2/c1-15-6-7(14)2-4-11-9-12-5-3-8(10)13-9/h3,5,7,14H,2,4,6H2,1H3,(H3,10,11,12,13). The number of aromatic nitrogens is 2. The van der Waals surface area contributed by atoms with Crippen molar-refractivity contribution in [2.24, 2.45) is 0 Å². The number of nitrogens with zero attached hydrogens (tertiary/aromatic N) is 2. The summed E-state index contributed by atoms with van der Waals surface area (Å²) in [6.45, 7) is 0.910. The summed E-state index contributed by atoms with van der Waals surface area (Å²) in [5.41, 5.74) is 5.48. The number of hydrogen-bond acceptors (Lipinski definition) is 6. The Morgan fingerprint density at radius 2 is 2.47 bits per heavy atom. The van der Waals surface area contributed by atoms with Gasteiger partial charge in [0.15, 0.2) is 0 Å². The van der Waals surface area contributed by atoms with E-state index in [9.17, 15) is 5.11 Å². The summed E-state index contributed by atoms with van der Waals surface area (Å²) in [7, 11) is 1.55. The molecule has 0 aliphatic carbocycles. The molecule has 1 unspecified atom stereocenters. The highest BCUT2D eigenvalue weighted by Gasteiger charge is 2.03. The van der Waals surface area contributed by atoms with Crippen LogP contribution in [0.2, 0.25) is 0 Å². The van der Waals surface area contributed by atoms with Gasteiger partial charge < -0.3 is 20.9 Å². The number of ether oxygens (including phenoxy) is 1. The van der Waals surface area contributed by atoms with E-state index < -0.39 is 6.10 Å². The van der Waals surface area contributed by atoms with Crippen molar-refractivity contribution in [1.82, 2.24) is 9.97 Å². The highest BCUT2D eigenvalue weighted by atomic mass is 16.5. The Morgan fingerprint density at radius 3 is 3.13 bits per heavy atom. The maximum absolute atomic E-state index is 9.35. The molecule has 6 nitrogen and oxygen atoms in total. The van der Waals surface area contributed by atoms with Crippen molar-refractivity contribution in [3.8, 4) is 0 Å². The molecule has 0 fully saturated rings. The smallest absolute Gasteiger partial charge is 0.224 e. The Balaban J connectivity index is 2.25. The summed E-state index contributed by atoms with van der Waals surface area (Å²) in [4.78, 5) is 7.93. The van der Waals surface area contributed by atoms with E-state index >= 15 is 0 Å². The highest BCUT2D eigenvalue weighted by Crippen LogP contribution is 2.01. The Bertz CT molecular complexity index is 295. The molecule has 6 heteroatoms. The van der Waals surface area contributed by atoms with Crippen LogP contribution in [0.5, 0.6) is 0 Å². The Hall–Kier alpha value is -1.40. The molecule has 0 amide bonds. The van der Waals surface area contributed by atoms with Gasteiger partial charge in [0, 0.05) is 19.9 Å². The zero-order valence-electron chi connectivity index (χ0n) is 8.68. The molecule has 0 aromatic carbocycles. The summed E-state index contributed by atoms with van der Waals surface area (Å²) in [6, 6.07) is 1.62. The van der Waals surface area contributed by atoms with Crippen LogP contribution in [0.3, 0.4) is 0 Å². The number of nitrogens with one attached hydrogen (secondary N) is 1. The van der Waals surface area contributed by atoms with Gasteiger partial charge in [0.05, 0.1) is 12.7 Å². The third kappa shape index (κ3) is 4.57. The first-order valence-electron chi connectivity index (χ1n) is 4.71. The lowest BCUT2D eigenvalue weighted by Gasteiger charge is -2.09. The predicted molar refractivity (Wildman–Crippen MR) is 57.4 cm³/mol. The fraction of sp³-hybridized carbons (Fsp3) is 0.556. The van der Waals surface area contributed by atoms with Gasteiger partial charge in [-0.25, -0.2) is 4.98 Å². The summed E-state index contributed by atoms with van der Waals surface area (Å²) >= 11 is 0. The van der Waals surface area contributed by atoms with E-state index in [4.69, 9.17) is 10.5 Å². The zero-order chi connectivity index (χ0) is 11.1. The summed E-state index contributed by atoms with van der Waals surface area (Å²) < 4.78 is 4.80. The van der Waals surface area contributed by atoms with Crippen LogP contribution in [0.1, 0.15) is 6.42 Å². The fourth-order valence-electron chi connectivity index (χ4n) is 1.08. The third-order valence-electron chi connectivity index (χ3n) is 1.80. The van der Waals surface area contributed by atoms with Crippen LogP contribution in [0.15, 0.2) is 12.3 Å². The number of nitrogens with two attached hydrogens (primary N) is 1. The van der Waals surface area contributed by atoms with Gasteiger partial charge in [-0.2, -0.15) is 4.98 Å². The van der Waals surface area contributed by atoms with Gasteiger partial charge in [0.1, 0.15) is 5.82 Å². The number of nitrogen functional groups attached to an aromatic ring is 1. The summed E-state index contributed by atoms with van der Waals surface area (Å²) in [5.74, 6) is 0.893. The number of aliphatic hydroxyl groups is 1. The largest absolute Gasteiger partial charge is 0.391 e. The van der Waals surface area contributed by atoms with Gasteiger partial charge >= 0.3 is 0 Å². The van der Waals surface area contributed by atoms with E-state index in [0.29, 0.717) is 31.3 Å². The van der Waals surface area contributed by atoms with Crippen LogP contribution in [0.4, 0.5) is 11.8 Å². The second-order valence-corrected chi connectivity index (χ2v) is 3.13. The third-order valence-corrected chi connectivity index (χ3v) is 1.80. The Morgan fingerprint density at radius 1 is 1.67 bits per heavy atom. The second-order valence-electron chi connectivity index (χ2n) is 3.13. The molecule has 0 saturated heterocycles. The number of hydrogen-bond donors (Lipinski definition) is 3. The molecular formula is C9H16N4O2. The lowest BCUT2D eigenvalue weighted by Crippen LogP contribution is -2.19. The summed E-state index contributed by atoms with van der Waals surface area (Å²) in [5, 5.41) is 12.3. The number of anilines is 2. The van der Waals surface area contributed by atoms with Gasteiger partial charge in [-0.1, -0.05) is 0 Å². The lowest BCUT2D eigenvalue weighted by atomic mass is 10.3. The topological polar surface area (TPSA) is 93.3 Å². The normalized spacial score (nSPS) is 12.4. The second kappa shape index (κ2) is 6.15. The fourth-order valence-corrected chi connectivity index (χ4v) is 1.08. The van der Waals surface area contributed by atoms with Crippen molar-refractivity contribution in [3.05, 3.63) is 12.3 Å². The van der Waals surface area contributed by atoms with Gasteiger partial charge in [-0.15, -0.1) is 0 Å². The van der Waals surface area contributed by atoms with Crippen LogP contribution in [0.25, 0.3) is 0 Å². The predicted octanol–water partition coefficient (Wildman–Crippen LogP) is -0.132. The average molecular weight is 212 g/mol. The van der Waals surface area contributed by atoms with Crippen molar-refractivity contribution in [3.63, 3.8) is 0 Å². The van der Waals surface area contributed by atoms with Gasteiger partial charge in [0.2, 0.25) is 5.95 Å². The van der Waals surface area contributed by atoms with E-state index in [1.165, 1.54) is 0 Å². The monoisotopic (exact) mass is 212 g/mol. The molecule has 15 heavy (non-hydrogen) atoms. The zero-order valence-corrected chi connectivity index (χ0v) is 8.68. The van der Waals surface area contributed by atoms with Crippen LogP contribution in [-0.4, -0.2) is 41.4 Å². The van der Waals surface area contributed by atoms with E-state index in [1.54, 1.807) is 19.4 Å². The Kier molecular flexibility index (Phi) is 4.79. The molecule has 1 aromatic rings. The molecule has 4 N–H and O–H groups in total. The average Bonchev–Trinajstić information content (AvgIpc) is 2.18. The molecule has 0 aliphatic rings. The molecule has 0 aliphatic heterocycles. The van der Waals surface area contributed by atoms with Crippen molar-refractivity contribution in [2.45, 2.75) is 12.5 Å². The highest BCUT2D eigenvalue weighted by molar-refractivity contribution is 5.34. The molecule has 1 heterocycles. The van der Waals surface area contributed by atoms with Gasteiger partial charge in [-0.3, -0.25) is 0 Å². The molecule has 1 aromatic heterocycles. The van der Waals surface area contributed by atoms with Crippen molar-refractivity contribution >= 4 is 11.8 Å². The minimum atomic E-state index is -0.469. The number of rotatable bonds is 6. The first-order chi connectivity index (χ1) is 7.22. The maximum atomic E-state index is 9.35. The molecule has 1 atom stereocenters. The van der Waals surface area contributed by atoms with E-state index in [2.05, 4.69) is 15.3 Å². The molecule has 1 rings (SSSR count). The summed E-state index contributed by atoms with van der Waals surface area (Å²) in [6.07, 6.45) is 1.69.